The van der Waals surface area contributed by atoms with Crippen molar-refractivity contribution in [3.05, 3.63) is 59.9 Å². The predicted molar refractivity (Wildman–Crippen MR) is 65.1 cm³/mol. The molecule has 1 aromatic heterocycles. The minimum Gasteiger partial charge on any atom is -0.159 e. The number of aryl methyl sites for hydroxylation is 2. The molecular formula is C14H16N2. The summed E-state index contributed by atoms with van der Waals surface area (Å²) in [7, 11) is 0. The highest BCUT2D eigenvalue weighted by molar-refractivity contribution is 5.28. The van der Waals surface area contributed by atoms with Crippen LogP contribution in [0.15, 0.2) is 48.8 Å². The van der Waals surface area contributed by atoms with Crippen molar-refractivity contribution < 1.29 is 0 Å². The molecule has 2 nitrogen and oxygen atoms in total. The van der Waals surface area contributed by atoms with Gasteiger partial charge in [-0.2, -0.15) is 10.2 Å². The van der Waals surface area contributed by atoms with Crippen LogP contribution in [-0.2, 0) is 12.8 Å². The van der Waals surface area contributed by atoms with Gasteiger partial charge in [0.1, 0.15) is 0 Å². The summed E-state index contributed by atoms with van der Waals surface area (Å²) in [4.78, 5) is 0. The van der Waals surface area contributed by atoms with E-state index in [1.807, 2.05) is 12.1 Å². The first-order valence-corrected chi connectivity index (χ1v) is 5.75. The van der Waals surface area contributed by atoms with Crippen molar-refractivity contribution >= 4 is 0 Å². The minimum absolute atomic E-state index is 1.30. The van der Waals surface area contributed by atoms with Gasteiger partial charge in [0.2, 0.25) is 0 Å². The van der Waals surface area contributed by atoms with Crippen LogP contribution in [0.2, 0.25) is 0 Å². The molecule has 16 heavy (non-hydrogen) atoms. The second-order valence-electron chi connectivity index (χ2n) is 3.89. The van der Waals surface area contributed by atoms with Crippen LogP contribution in [0.3, 0.4) is 0 Å². The van der Waals surface area contributed by atoms with Gasteiger partial charge in [-0.3, -0.25) is 0 Å². The van der Waals surface area contributed by atoms with E-state index < -0.39 is 0 Å². The number of rotatable bonds is 0. The molecule has 0 fully saturated rings. The minimum atomic E-state index is 1.30. The Hall–Kier alpha value is -1.70. The highest BCUT2D eigenvalue weighted by atomic mass is 15.1. The Morgan fingerprint density at radius 2 is 1.19 bits per heavy atom. The molecule has 1 aromatic carbocycles. The van der Waals surface area contributed by atoms with Crippen LogP contribution in [0.5, 0.6) is 0 Å². The third-order valence-electron chi connectivity index (χ3n) is 2.74. The molecular weight excluding hydrogens is 196 g/mol. The van der Waals surface area contributed by atoms with E-state index in [2.05, 4.69) is 34.5 Å². The van der Waals surface area contributed by atoms with E-state index in [1.165, 1.54) is 25.7 Å². The van der Waals surface area contributed by atoms with Crippen LogP contribution >= 0.6 is 0 Å². The fourth-order valence-electron chi connectivity index (χ4n) is 1.93. The molecule has 0 saturated heterocycles. The van der Waals surface area contributed by atoms with Crippen molar-refractivity contribution in [3.63, 3.8) is 0 Å². The molecule has 2 heteroatoms. The summed E-state index contributed by atoms with van der Waals surface area (Å²) in [5.41, 5.74) is 3.16. The highest BCUT2D eigenvalue weighted by Crippen LogP contribution is 2.19. The van der Waals surface area contributed by atoms with Crippen molar-refractivity contribution in [1.29, 1.82) is 0 Å². The van der Waals surface area contributed by atoms with Crippen molar-refractivity contribution in [3.8, 4) is 0 Å². The third kappa shape index (κ3) is 3.16. The zero-order chi connectivity index (χ0) is 11.1. The van der Waals surface area contributed by atoms with Gasteiger partial charge in [-0.25, -0.2) is 0 Å². The maximum absolute atomic E-state index is 3.53. The Bertz CT molecular complexity index is 360. The summed E-state index contributed by atoms with van der Waals surface area (Å²) in [6.45, 7) is 0. The molecule has 1 aliphatic carbocycles. The maximum Gasteiger partial charge on any atom is 0.0496 e. The van der Waals surface area contributed by atoms with Crippen LogP contribution in [0, 0.1) is 0 Å². The molecule has 1 aliphatic rings. The number of benzene rings is 1. The largest absolute Gasteiger partial charge is 0.159 e. The Kier molecular flexibility index (Phi) is 4.06. The van der Waals surface area contributed by atoms with Crippen LogP contribution in [0.25, 0.3) is 0 Å². The molecule has 0 N–H and O–H groups in total. The second-order valence-corrected chi connectivity index (χ2v) is 3.89. The van der Waals surface area contributed by atoms with Crippen molar-refractivity contribution in [2.45, 2.75) is 25.7 Å². The van der Waals surface area contributed by atoms with Gasteiger partial charge in [0, 0.05) is 12.4 Å². The average Bonchev–Trinajstić information content (AvgIpc) is 2.42. The summed E-state index contributed by atoms with van der Waals surface area (Å²) in [5, 5.41) is 7.07. The topological polar surface area (TPSA) is 25.8 Å². The molecule has 0 amide bonds. The zero-order valence-electron chi connectivity index (χ0n) is 9.34. The number of aromatic nitrogens is 2. The van der Waals surface area contributed by atoms with Gasteiger partial charge in [0.25, 0.3) is 0 Å². The van der Waals surface area contributed by atoms with Crippen LogP contribution in [0.4, 0.5) is 0 Å². The molecule has 0 saturated carbocycles. The summed E-state index contributed by atoms with van der Waals surface area (Å²) in [6, 6.07) is 12.5. The van der Waals surface area contributed by atoms with E-state index in [9.17, 15) is 0 Å². The molecule has 0 aliphatic heterocycles. The maximum atomic E-state index is 3.53. The van der Waals surface area contributed by atoms with E-state index in [-0.39, 0.29) is 0 Å². The number of hydrogen-bond donors (Lipinski definition) is 0. The predicted octanol–water partition coefficient (Wildman–Crippen LogP) is 3.04. The number of hydrogen-bond acceptors (Lipinski definition) is 2. The smallest absolute Gasteiger partial charge is 0.0496 e. The third-order valence-corrected chi connectivity index (χ3v) is 2.74. The Balaban J connectivity index is 0.000000138. The van der Waals surface area contributed by atoms with E-state index in [4.69, 9.17) is 0 Å². The van der Waals surface area contributed by atoms with Crippen LogP contribution < -0.4 is 0 Å². The molecule has 82 valence electrons. The van der Waals surface area contributed by atoms with Crippen molar-refractivity contribution in [2.24, 2.45) is 0 Å². The van der Waals surface area contributed by atoms with Gasteiger partial charge < -0.3 is 0 Å². The normalized spacial score (nSPS) is 13.2. The van der Waals surface area contributed by atoms with Gasteiger partial charge in [-0.15, -0.1) is 0 Å². The first-order valence-electron chi connectivity index (χ1n) is 5.75. The summed E-state index contributed by atoms with van der Waals surface area (Å²) < 4.78 is 0. The average molecular weight is 212 g/mol. The molecule has 0 unspecified atom stereocenters. The monoisotopic (exact) mass is 212 g/mol. The zero-order valence-corrected chi connectivity index (χ0v) is 9.34. The lowest BCUT2D eigenvalue weighted by Gasteiger charge is -2.13. The first-order chi connectivity index (χ1) is 7.97. The van der Waals surface area contributed by atoms with Gasteiger partial charge in [-0.05, 0) is 48.9 Å². The SMILES string of the molecule is c1ccc2c(c1)CCCC2.c1ccnnc1. The van der Waals surface area contributed by atoms with Crippen molar-refractivity contribution in [1.82, 2.24) is 10.2 Å². The molecule has 0 radical (unpaired) electrons. The summed E-state index contributed by atoms with van der Waals surface area (Å²) in [5.74, 6) is 0. The lowest BCUT2D eigenvalue weighted by Crippen LogP contribution is -2.00. The molecule has 3 rings (SSSR count). The van der Waals surface area contributed by atoms with E-state index >= 15 is 0 Å². The van der Waals surface area contributed by atoms with Gasteiger partial charge in [0.05, 0.1) is 0 Å². The van der Waals surface area contributed by atoms with Gasteiger partial charge >= 0.3 is 0 Å². The highest BCUT2D eigenvalue weighted by Gasteiger charge is 2.05. The van der Waals surface area contributed by atoms with Crippen molar-refractivity contribution in [2.75, 3.05) is 0 Å². The number of fused-ring (bicyclic) bond motifs is 1. The van der Waals surface area contributed by atoms with E-state index in [0.29, 0.717) is 0 Å². The Morgan fingerprint density at radius 3 is 1.56 bits per heavy atom. The molecule has 0 bridgehead atoms. The Morgan fingerprint density at radius 1 is 0.688 bits per heavy atom. The van der Waals surface area contributed by atoms with Crippen LogP contribution in [0.1, 0.15) is 24.0 Å². The molecule has 0 atom stereocenters. The number of nitrogens with zero attached hydrogens (tertiary/aromatic N) is 2. The van der Waals surface area contributed by atoms with Gasteiger partial charge in [0.15, 0.2) is 0 Å². The van der Waals surface area contributed by atoms with Gasteiger partial charge in [-0.1, -0.05) is 24.3 Å². The lowest BCUT2D eigenvalue weighted by molar-refractivity contribution is 0.685. The molecule has 1 heterocycles. The molecule has 2 aromatic rings. The summed E-state index contributed by atoms with van der Waals surface area (Å²) >= 11 is 0. The quantitative estimate of drug-likeness (QED) is 0.670. The second kappa shape index (κ2) is 6.01. The van der Waals surface area contributed by atoms with Crippen LogP contribution in [-0.4, -0.2) is 10.2 Å². The van der Waals surface area contributed by atoms with E-state index in [1.54, 1.807) is 23.5 Å². The first kappa shape index (κ1) is 10.8. The lowest BCUT2D eigenvalue weighted by atomic mass is 9.92. The Labute approximate surface area is 96.4 Å². The fourth-order valence-corrected chi connectivity index (χ4v) is 1.93. The molecule has 0 spiro atoms. The standard InChI is InChI=1S/C10H12.C4H4N2/c1-2-6-10-8-4-3-7-9(10)5-1;1-2-4-6-5-3-1/h1-2,5-6H,3-4,7-8H2;1-4H. The summed E-state index contributed by atoms with van der Waals surface area (Å²) in [6.07, 6.45) is 8.65. The fraction of sp³-hybridized carbons (Fsp3) is 0.286. The van der Waals surface area contributed by atoms with E-state index in [0.717, 1.165) is 0 Å².